The van der Waals surface area contributed by atoms with E-state index in [-0.39, 0.29) is 17.9 Å². The van der Waals surface area contributed by atoms with Gasteiger partial charge in [-0.05, 0) is 60.9 Å². The molecular formula is C35H39N7O4. The maximum Gasteiger partial charge on any atom is 0.251 e. The summed E-state index contributed by atoms with van der Waals surface area (Å²) < 4.78 is 11.0. The molecule has 46 heavy (non-hydrogen) atoms. The number of hydrogen-bond acceptors (Lipinski definition) is 9. The van der Waals surface area contributed by atoms with Crippen LogP contribution in [0.25, 0.3) is 0 Å². The van der Waals surface area contributed by atoms with E-state index in [1.54, 1.807) is 50.6 Å². The molecule has 4 aromatic rings. The van der Waals surface area contributed by atoms with Crippen LogP contribution in [0.5, 0.6) is 11.5 Å². The zero-order valence-corrected chi connectivity index (χ0v) is 26.4. The predicted octanol–water partition coefficient (Wildman–Crippen LogP) is 5.14. The van der Waals surface area contributed by atoms with E-state index in [0.29, 0.717) is 47.4 Å². The standard InChI is InChI=1S/C35H39N7O4/c1-40-30-22-36-35(39-33(30)42(20-17-32(40)43)27-10-12-28(45-2)13-11-27)38-29-14-9-25(21-31(29)46-3)34(44)37-26-15-18-41(19-16-26)23-24-7-5-4-6-8-24/h4-14,21-22,26H,15-20,23H2,1-3H3,(H,37,44)(H,36,38,39). The highest BCUT2D eigenvalue weighted by Gasteiger charge is 2.27. The van der Waals surface area contributed by atoms with Crippen LogP contribution in [-0.4, -0.2) is 73.6 Å². The molecule has 0 radical (unpaired) electrons. The lowest BCUT2D eigenvalue weighted by Gasteiger charge is -2.32. The first-order chi connectivity index (χ1) is 22.4. The van der Waals surface area contributed by atoms with Crippen molar-refractivity contribution in [1.29, 1.82) is 0 Å². The minimum absolute atomic E-state index is 0.0187. The van der Waals surface area contributed by atoms with Gasteiger partial charge in [-0.25, -0.2) is 4.98 Å². The molecule has 1 fully saturated rings. The maximum absolute atomic E-state index is 13.2. The van der Waals surface area contributed by atoms with Crippen molar-refractivity contribution in [2.24, 2.45) is 0 Å². The summed E-state index contributed by atoms with van der Waals surface area (Å²) in [7, 11) is 4.92. The first-order valence-electron chi connectivity index (χ1n) is 15.5. The highest BCUT2D eigenvalue weighted by molar-refractivity contribution is 5.98. The van der Waals surface area contributed by atoms with Crippen LogP contribution in [0, 0.1) is 0 Å². The van der Waals surface area contributed by atoms with Crippen molar-refractivity contribution in [1.82, 2.24) is 20.2 Å². The molecule has 1 aromatic heterocycles. The molecule has 1 saturated heterocycles. The number of ether oxygens (including phenoxy) is 2. The third kappa shape index (κ3) is 6.89. The summed E-state index contributed by atoms with van der Waals surface area (Å²) in [4.78, 5) is 41.3. The number of carbonyl (C=O) groups excluding carboxylic acids is 2. The molecule has 11 nitrogen and oxygen atoms in total. The van der Waals surface area contributed by atoms with Crippen molar-refractivity contribution >= 4 is 40.6 Å². The Labute approximate surface area is 269 Å². The minimum atomic E-state index is -0.129. The molecule has 2 aliphatic rings. The van der Waals surface area contributed by atoms with Gasteiger partial charge in [0.25, 0.3) is 5.91 Å². The third-order valence-corrected chi connectivity index (χ3v) is 8.56. The molecule has 0 bridgehead atoms. The second kappa shape index (κ2) is 13.9. The Bertz CT molecular complexity index is 1670. The Morgan fingerprint density at radius 2 is 1.72 bits per heavy atom. The Morgan fingerprint density at radius 3 is 2.43 bits per heavy atom. The Hall–Kier alpha value is -5.16. The molecule has 3 heterocycles. The van der Waals surface area contributed by atoms with Crippen LogP contribution in [0.2, 0.25) is 0 Å². The largest absolute Gasteiger partial charge is 0.497 e. The summed E-state index contributed by atoms with van der Waals surface area (Å²) in [5.41, 5.74) is 3.92. The summed E-state index contributed by atoms with van der Waals surface area (Å²) in [5, 5.41) is 6.45. The van der Waals surface area contributed by atoms with E-state index in [2.05, 4.69) is 44.8 Å². The van der Waals surface area contributed by atoms with Gasteiger partial charge < -0.3 is 29.9 Å². The van der Waals surface area contributed by atoms with Gasteiger partial charge in [-0.2, -0.15) is 4.98 Å². The monoisotopic (exact) mass is 621 g/mol. The van der Waals surface area contributed by atoms with E-state index in [1.165, 1.54) is 5.56 Å². The molecule has 2 aliphatic heterocycles. The number of hydrogen-bond donors (Lipinski definition) is 2. The van der Waals surface area contributed by atoms with Crippen LogP contribution in [0.3, 0.4) is 0 Å². The first kappa shape index (κ1) is 30.8. The molecule has 0 spiro atoms. The number of carbonyl (C=O) groups is 2. The number of fused-ring (bicyclic) bond motifs is 1. The van der Waals surface area contributed by atoms with Crippen molar-refractivity contribution < 1.29 is 19.1 Å². The van der Waals surface area contributed by atoms with Gasteiger partial charge in [0, 0.05) is 56.9 Å². The summed E-state index contributed by atoms with van der Waals surface area (Å²) >= 11 is 0. The quantitative estimate of drug-likeness (QED) is 0.263. The number of aromatic nitrogens is 2. The van der Waals surface area contributed by atoms with Crippen molar-refractivity contribution in [3.8, 4) is 11.5 Å². The van der Waals surface area contributed by atoms with Crippen molar-refractivity contribution in [3.05, 3.63) is 90.1 Å². The molecule has 238 valence electrons. The molecule has 6 rings (SSSR count). The van der Waals surface area contributed by atoms with Crippen molar-refractivity contribution in [3.63, 3.8) is 0 Å². The van der Waals surface area contributed by atoms with Crippen LogP contribution in [-0.2, 0) is 11.3 Å². The number of methoxy groups -OCH3 is 2. The molecule has 0 unspecified atom stereocenters. The van der Waals surface area contributed by atoms with Crippen LogP contribution in [0.15, 0.2) is 79.0 Å². The fourth-order valence-corrected chi connectivity index (χ4v) is 5.89. The summed E-state index contributed by atoms with van der Waals surface area (Å²) in [6.45, 7) is 3.26. The number of piperidine rings is 1. The Kier molecular flexibility index (Phi) is 9.30. The topological polar surface area (TPSA) is 112 Å². The van der Waals surface area contributed by atoms with Crippen molar-refractivity contribution in [2.75, 3.05) is 56.0 Å². The van der Waals surface area contributed by atoms with Gasteiger partial charge in [-0.1, -0.05) is 30.3 Å². The van der Waals surface area contributed by atoms with Gasteiger partial charge >= 0.3 is 0 Å². The minimum Gasteiger partial charge on any atom is -0.497 e. The number of benzene rings is 3. The van der Waals surface area contributed by atoms with E-state index in [1.807, 2.05) is 35.2 Å². The summed E-state index contributed by atoms with van der Waals surface area (Å²) in [6, 6.07) is 23.5. The van der Waals surface area contributed by atoms with E-state index >= 15 is 0 Å². The molecule has 0 saturated carbocycles. The molecule has 0 atom stereocenters. The lowest BCUT2D eigenvalue weighted by Crippen LogP contribution is -2.44. The van der Waals surface area contributed by atoms with Crippen LogP contribution < -0.4 is 29.9 Å². The van der Waals surface area contributed by atoms with Gasteiger partial charge in [0.15, 0.2) is 5.82 Å². The van der Waals surface area contributed by atoms with Crippen LogP contribution in [0.1, 0.15) is 35.2 Å². The van der Waals surface area contributed by atoms with Gasteiger partial charge in [-0.15, -0.1) is 0 Å². The second-order valence-electron chi connectivity index (χ2n) is 11.5. The highest BCUT2D eigenvalue weighted by Crippen LogP contribution is 2.37. The molecule has 2 N–H and O–H groups in total. The SMILES string of the molecule is COc1ccc(N2CCC(=O)N(C)c3cnc(Nc4ccc(C(=O)NC5CCN(Cc6ccccc6)CC5)cc4OC)nc32)cc1. The lowest BCUT2D eigenvalue weighted by molar-refractivity contribution is -0.118. The average molecular weight is 622 g/mol. The number of likely N-dealkylation sites (tertiary alicyclic amines) is 1. The van der Waals surface area contributed by atoms with Gasteiger partial charge in [0.1, 0.15) is 17.2 Å². The second-order valence-corrected chi connectivity index (χ2v) is 11.5. The number of anilines is 5. The number of nitrogens with one attached hydrogen (secondary N) is 2. The van der Waals surface area contributed by atoms with Gasteiger partial charge in [0.05, 0.1) is 26.1 Å². The lowest BCUT2D eigenvalue weighted by atomic mass is 10.0. The Balaban J connectivity index is 1.15. The Morgan fingerprint density at radius 1 is 0.957 bits per heavy atom. The summed E-state index contributed by atoms with van der Waals surface area (Å²) in [6.07, 6.45) is 3.77. The third-order valence-electron chi connectivity index (χ3n) is 8.56. The molecule has 0 aliphatic carbocycles. The van der Waals surface area contributed by atoms with E-state index in [9.17, 15) is 9.59 Å². The van der Waals surface area contributed by atoms with Gasteiger partial charge in [0.2, 0.25) is 11.9 Å². The van der Waals surface area contributed by atoms with E-state index in [0.717, 1.165) is 43.9 Å². The fraction of sp³-hybridized carbons (Fsp3) is 0.314. The number of rotatable bonds is 9. The van der Waals surface area contributed by atoms with Gasteiger partial charge in [-0.3, -0.25) is 14.5 Å². The fourth-order valence-electron chi connectivity index (χ4n) is 5.89. The summed E-state index contributed by atoms with van der Waals surface area (Å²) in [5.74, 6) is 2.01. The normalized spacial score (nSPS) is 15.6. The van der Waals surface area contributed by atoms with Crippen LogP contribution >= 0.6 is 0 Å². The van der Waals surface area contributed by atoms with E-state index in [4.69, 9.17) is 14.5 Å². The first-order valence-corrected chi connectivity index (χ1v) is 15.5. The zero-order valence-electron chi connectivity index (χ0n) is 26.4. The smallest absolute Gasteiger partial charge is 0.251 e. The average Bonchev–Trinajstić information content (AvgIpc) is 3.21. The molecule has 11 heteroatoms. The molecule has 2 amide bonds. The molecule has 3 aromatic carbocycles. The molecular weight excluding hydrogens is 582 g/mol. The number of nitrogens with zero attached hydrogens (tertiary/aromatic N) is 5. The van der Waals surface area contributed by atoms with Crippen LogP contribution in [0.4, 0.5) is 28.8 Å². The maximum atomic E-state index is 13.2. The zero-order chi connectivity index (χ0) is 32.0. The van der Waals surface area contributed by atoms with Crippen molar-refractivity contribution in [2.45, 2.75) is 31.8 Å². The highest BCUT2D eigenvalue weighted by atomic mass is 16.5. The predicted molar refractivity (Wildman–Crippen MR) is 179 cm³/mol. The number of amides is 2. The van der Waals surface area contributed by atoms with E-state index < -0.39 is 0 Å².